The fourth-order valence-electron chi connectivity index (χ4n) is 2.84. The Kier molecular flexibility index (Phi) is 7.55. The molecule has 0 unspecified atom stereocenters. The molecule has 2 aromatic rings. The van der Waals surface area contributed by atoms with Crippen molar-refractivity contribution in [1.29, 1.82) is 0 Å². The van der Waals surface area contributed by atoms with E-state index in [2.05, 4.69) is 0 Å². The summed E-state index contributed by atoms with van der Waals surface area (Å²) >= 11 is 6.05. The van der Waals surface area contributed by atoms with Crippen molar-refractivity contribution in [3.63, 3.8) is 0 Å². The second kappa shape index (κ2) is 9.65. The summed E-state index contributed by atoms with van der Waals surface area (Å²) in [6, 6.07) is 15.9. The first-order valence-corrected chi connectivity index (χ1v) is 9.55. The zero-order valence-corrected chi connectivity index (χ0v) is 17.3. The quantitative estimate of drug-likeness (QED) is 0.591. The number of methoxy groups -OCH3 is 2. The highest BCUT2D eigenvalue weighted by Crippen LogP contribution is 2.28. The third-order valence-corrected chi connectivity index (χ3v) is 5.20. The molecule has 0 aliphatic carbocycles. The lowest BCUT2D eigenvalue weighted by atomic mass is 9.93. The molecule has 0 aliphatic heterocycles. The van der Waals surface area contributed by atoms with Gasteiger partial charge in [0.15, 0.2) is 11.5 Å². The molecule has 146 valence electrons. The first-order valence-electron chi connectivity index (χ1n) is 9.01. The molecule has 4 nitrogen and oxygen atoms in total. The Labute approximate surface area is 167 Å². The molecule has 0 saturated carbocycles. The lowest BCUT2D eigenvalue weighted by Crippen LogP contribution is -2.42. The van der Waals surface area contributed by atoms with Gasteiger partial charge in [-0.05, 0) is 43.5 Å². The molecule has 0 atom stereocenters. The van der Waals surface area contributed by atoms with E-state index < -0.39 is 5.41 Å². The molecule has 0 bridgehead atoms. The lowest BCUT2D eigenvalue weighted by Gasteiger charge is -2.31. The minimum absolute atomic E-state index is 0.0572. The monoisotopic (exact) mass is 389 g/mol. The number of nitrogens with zero attached hydrogens (tertiary/aromatic N) is 1. The number of alkyl halides is 1. The van der Waals surface area contributed by atoms with Crippen molar-refractivity contribution >= 4 is 17.5 Å². The Hall–Kier alpha value is -2.20. The standard InChI is InChI=1S/C22H28ClNO3/c1-22(2,16-23)21(25)24(15-18-8-6-5-7-9-18)13-12-17-10-11-19(26-3)20(14-17)27-4/h5-11,14H,12-13,15-16H2,1-4H3. The van der Waals surface area contributed by atoms with E-state index in [1.807, 2.05) is 67.3 Å². The fraction of sp³-hybridized carbons (Fsp3) is 0.409. The smallest absolute Gasteiger partial charge is 0.229 e. The van der Waals surface area contributed by atoms with Crippen molar-refractivity contribution in [3.05, 3.63) is 59.7 Å². The molecule has 0 saturated heterocycles. The summed E-state index contributed by atoms with van der Waals surface area (Å²) in [5.74, 6) is 1.73. The molecule has 27 heavy (non-hydrogen) atoms. The second-order valence-electron chi connectivity index (χ2n) is 7.17. The summed E-state index contributed by atoms with van der Waals surface area (Å²) < 4.78 is 10.7. The van der Waals surface area contributed by atoms with E-state index in [-0.39, 0.29) is 11.8 Å². The van der Waals surface area contributed by atoms with Crippen LogP contribution in [0.4, 0.5) is 0 Å². The molecular formula is C22H28ClNO3. The van der Waals surface area contributed by atoms with Gasteiger partial charge in [-0.2, -0.15) is 0 Å². The Morgan fingerprint density at radius 1 is 1.00 bits per heavy atom. The highest BCUT2D eigenvalue weighted by Gasteiger charge is 2.31. The van der Waals surface area contributed by atoms with Gasteiger partial charge >= 0.3 is 0 Å². The number of rotatable bonds is 9. The van der Waals surface area contributed by atoms with Crippen molar-refractivity contribution in [2.45, 2.75) is 26.8 Å². The van der Waals surface area contributed by atoms with Gasteiger partial charge in [0.05, 0.1) is 19.6 Å². The zero-order chi connectivity index (χ0) is 19.9. The van der Waals surface area contributed by atoms with Crippen molar-refractivity contribution in [2.24, 2.45) is 5.41 Å². The molecule has 0 fully saturated rings. The number of carbonyl (C=O) groups excluding carboxylic acids is 1. The zero-order valence-electron chi connectivity index (χ0n) is 16.5. The summed E-state index contributed by atoms with van der Waals surface area (Å²) in [5.41, 5.74) is 1.58. The molecule has 0 N–H and O–H groups in total. The molecule has 1 amide bonds. The topological polar surface area (TPSA) is 38.8 Å². The minimum atomic E-state index is -0.603. The second-order valence-corrected chi connectivity index (χ2v) is 7.44. The van der Waals surface area contributed by atoms with Gasteiger partial charge in [-0.15, -0.1) is 11.6 Å². The summed E-state index contributed by atoms with van der Waals surface area (Å²) in [7, 11) is 3.24. The van der Waals surface area contributed by atoms with E-state index in [9.17, 15) is 4.79 Å². The summed E-state index contributed by atoms with van der Waals surface area (Å²) in [4.78, 5) is 14.9. The van der Waals surface area contributed by atoms with Gasteiger partial charge in [-0.3, -0.25) is 4.79 Å². The van der Waals surface area contributed by atoms with Crippen LogP contribution in [0.15, 0.2) is 48.5 Å². The lowest BCUT2D eigenvalue weighted by molar-refractivity contribution is -0.139. The third-order valence-electron chi connectivity index (χ3n) is 4.53. The van der Waals surface area contributed by atoms with E-state index in [1.165, 1.54) is 0 Å². The molecule has 0 radical (unpaired) electrons. The maximum atomic E-state index is 13.0. The van der Waals surface area contributed by atoms with E-state index in [1.54, 1.807) is 14.2 Å². The van der Waals surface area contributed by atoms with Gasteiger partial charge in [0.2, 0.25) is 5.91 Å². The Morgan fingerprint density at radius 2 is 1.67 bits per heavy atom. The number of hydrogen-bond acceptors (Lipinski definition) is 3. The Balaban J connectivity index is 2.17. The SMILES string of the molecule is COc1ccc(CCN(Cc2ccccc2)C(=O)C(C)(C)CCl)cc1OC. The number of hydrogen-bond donors (Lipinski definition) is 0. The first-order chi connectivity index (χ1) is 12.9. The molecular weight excluding hydrogens is 362 g/mol. The van der Waals surface area contributed by atoms with Crippen LogP contribution in [-0.4, -0.2) is 37.5 Å². The number of ether oxygens (including phenoxy) is 2. The van der Waals surface area contributed by atoms with Gasteiger partial charge in [-0.1, -0.05) is 36.4 Å². The summed E-state index contributed by atoms with van der Waals surface area (Å²) in [5, 5.41) is 0. The van der Waals surface area contributed by atoms with Gasteiger partial charge in [0.25, 0.3) is 0 Å². The van der Waals surface area contributed by atoms with E-state index >= 15 is 0 Å². The van der Waals surface area contributed by atoms with Gasteiger partial charge < -0.3 is 14.4 Å². The van der Waals surface area contributed by atoms with E-state index in [0.29, 0.717) is 24.6 Å². The number of amides is 1. The average Bonchev–Trinajstić information content (AvgIpc) is 2.70. The summed E-state index contributed by atoms with van der Waals surface area (Å²) in [6.07, 6.45) is 0.720. The Morgan fingerprint density at radius 3 is 2.26 bits per heavy atom. The van der Waals surface area contributed by atoms with Crippen LogP contribution >= 0.6 is 11.6 Å². The van der Waals surface area contributed by atoms with Gasteiger partial charge in [-0.25, -0.2) is 0 Å². The predicted octanol–water partition coefficient (Wildman–Crippen LogP) is 4.54. The number of halogens is 1. The average molecular weight is 390 g/mol. The summed E-state index contributed by atoms with van der Waals surface area (Å²) in [6.45, 7) is 4.93. The largest absolute Gasteiger partial charge is 0.493 e. The van der Waals surface area contributed by atoms with Gasteiger partial charge in [0, 0.05) is 19.0 Å². The molecule has 5 heteroatoms. The van der Waals surface area contributed by atoms with Crippen molar-refractivity contribution in [3.8, 4) is 11.5 Å². The number of carbonyl (C=O) groups is 1. The van der Waals surface area contributed by atoms with E-state index in [0.717, 1.165) is 17.5 Å². The van der Waals surface area contributed by atoms with E-state index in [4.69, 9.17) is 21.1 Å². The molecule has 2 aromatic carbocycles. The third kappa shape index (κ3) is 5.64. The molecule has 0 aromatic heterocycles. The van der Waals surface area contributed by atoms with Crippen LogP contribution < -0.4 is 9.47 Å². The maximum absolute atomic E-state index is 13.0. The van der Waals surface area contributed by atoms with Crippen LogP contribution in [0.25, 0.3) is 0 Å². The van der Waals surface area contributed by atoms with Gasteiger partial charge in [0.1, 0.15) is 0 Å². The van der Waals surface area contributed by atoms with Crippen molar-refractivity contribution in [2.75, 3.05) is 26.6 Å². The maximum Gasteiger partial charge on any atom is 0.229 e. The van der Waals surface area contributed by atoms with Crippen molar-refractivity contribution in [1.82, 2.24) is 4.90 Å². The molecule has 0 spiro atoms. The van der Waals surface area contributed by atoms with Crippen molar-refractivity contribution < 1.29 is 14.3 Å². The minimum Gasteiger partial charge on any atom is -0.493 e. The highest BCUT2D eigenvalue weighted by atomic mass is 35.5. The predicted molar refractivity (Wildman–Crippen MR) is 110 cm³/mol. The Bertz CT molecular complexity index is 746. The van der Waals surface area contributed by atoms with Crippen LogP contribution in [0, 0.1) is 5.41 Å². The normalized spacial score (nSPS) is 11.1. The fourth-order valence-corrected chi connectivity index (χ4v) is 2.96. The molecule has 0 heterocycles. The van der Waals surface area contributed by atoms with Crippen LogP contribution in [-0.2, 0) is 17.8 Å². The van der Waals surface area contributed by atoms with Crippen LogP contribution in [0.1, 0.15) is 25.0 Å². The highest BCUT2D eigenvalue weighted by molar-refractivity contribution is 6.19. The van der Waals surface area contributed by atoms with Crippen LogP contribution in [0.3, 0.4) is 0 Å². The van der Waals surface area contributed by atoms with Crippen LogP contribution in [0.2, 0.25) is 0 Å². The number of benzene rings is 2. The van der Waals surface area contributed by atoms with Crippen LogP contribution in [0.5, 0.6) is 11.5 Å². The first kappa shape index (κ1) is 21.1. The molecule has 2 rings (SSSR count). The molecule has 0 aliphatic rings.